The maximum absolute atomic E-state index is 14.7. The predicted octanol–water partition coefficient (Wildman–Crippen LogP) is 4.24. The van der Waals surface area contributed by atoms with Crippen LogP contribution >= 0.6 is 0 Å². The molecule has 1 unspecified atom stereocenters. The SMILES string of the molecule is Cc1cn2cc(C(C)n3nc(C)c4cc(N5C[C@H](C)N[C@@H](C)C5)ccc43)cc(F)c2n1. The van der Waals surface area contributed by atoms with Gasteiger partial charge >= 0.3 is 0 Å². The summed E-state index contributed by atoms with van der Waals surface area (Å²) in [6.45, 7) is 12.4. The van der Waals surface area contributed by atoms with Crippen molar-refractivity contribution in [2.45, 2.75) is 52.7 Å². The molecule has 6 nitrogen and oxygen atoms in total. The Morgan fingerprint density at radius 3 is 2.58 bits per heavy atom. The van der Waals surface area contributed by atoms with Crippen molar-refractivity contribution in [3.63, 3.8) is 0 Å². The summed E-state index contributed by atoms with van der Waals surface area (Å²) in [5, 5.41) is 9.57. The van der Waals surface area contributed by atoms with Crippen LogP contribution in [0.4, 0.5) is 10.1 Å². The van der Waals surface area contributed by atoms with E-state index in [2.05, 4.69) is 54.2 Å². The number of nitrogens with one attached hydrogen (secondary N) is 1. The van der Waals surface area contributed by atoms with Crippen molar-refractivity contribution >= 4 is 22.2 Å². The molecule has 31 heavy (non-hydrogen) atoms. The summed E-state index contributed by atoms with van der Waals surface area (Å²) >= 11 is 0. The van der Waals surface area contributed by atoms with Gasteiger partial charge in [-0.1, -0.05) is 0 Å². The molecule has 0 bridgehead atoms. The van der Waals surface area contributed by atoms with Crippen molar-refractivity contribution in [2.75, 3.05) is 18.0 Å². The number of imidazole rings is 1. The van der Waals surface area contributed by atoms with Crippen LogP contribution in [-0.4, -0.2) is 44.3 Å². The van der Waals surface area contributed by atoms with Gasteiger partial charge in [-0.3, -0.25) is 4.68 Å². The molecular formula is C24H29FN6. The first-order chi connectivity index (χ1) is 14.8. The average molecular weight is 421 g/mol. The number of nitrogens with zero attached hydrogens (tertiary/aromatic N) is 5. The van der Waals surface area contributed by atoms with E-state index in [1.165, 1.54) is 5.69 Å². The molecule has 1 aromatic carbocycles. The highest BCUT2D eigenvalue weighted by atomic mass is 19.1. The summed E-state index contributed by atoms with van der Waals surface area (Å²) in [6, 6.07) is 8.96. The van der Waals surface area contributed by atoms with Crippen molar-refractivity contribution in [3.05, 3.63) is 59.4 Å². The van der Waals surface area contributed by atoms with Gasteiger partial charge in [0.25, 0.3) is 0 Å². The number of pyridine rings is 1. The third-order valence-electron chi connectivity index (χ3n) is 6.29. The van der Waals surface area contributed by atoms with Crippen LogP contribution in [-0.2, 0) is 0 Å². The average Bonchev–Trinajstić information content (AvgIpc) is 3.26. The van der Waals surface area contributed by atoms with E-state index in [0.717, 1.165) is 40.9 Å². The van der Waals surface area contributed by atoms with Crippen LogP contribution in [0.15, 0.2) is 36.7 Å². The maximum atomic E-state index is 14.7. The van der Waals surface area contributed by atoms with E-state index in [4.69, 9.17) is 5.10 Å². The van der Waals surface area contributed by atoms with E-state index in [0.29, 0.717) is 17.7 Å². The second-order valence-corrected chi connectivity index (χ2v) is 9.02. The Morgan fingerprint density at radius 2 is 1.84 bits per heavy atom. The summed E-state index contributed by atoms with van der Waals surface area (Å²) < 4.78 is 18.4. The largest absolute Gasteiger partial charge is 0.368 e. The number of anilines is 1. The molecule has 3 atom stereocenters. The minimum atomic E-state index is -0.310. The summed E-state index contributed by atoms with van der Waals surface area (Å²) in [6.07, 6.45) is 3.80. The number of halogens is 1. The van der Waals surface area contributed by atoms with E-state index >= 15 is 0 Å². The smallest absolute Gasteiger partial charge is 0.173 e. The number of aryl methyl sites for hydroxylation is 2. The minimum absolute atomic E-state index is 0.108. The predicted molar refractivity (Wildman–Crippen MR) is 122 cm³/mol. The fourth-order valence-corrected chi connectivity index (χ4v) is 4.88. The summed E-state index contributed by atoms with van der Waals surface area (Å²) in [5.41, 5.74) is 5.30. The topological polar surface area (TPSA) is 50.4 Å². The highest BCUT2D eigenvalue weighted by molar-refractivity contribution is 5.85. The number of piperazine rings is 1. The molecule has 1 N–H and O–H groups in total. The zero-order valence-corrected chi connectivity index (χ0v) is 18.7. The quantitative estimate of drug-likeness (QED) is 0.539. The standard InChI is InChI=1S/C24H29FN6/c1-14-10-29(11-15(2)26-14)20-6-7-23-21(9-20)17(4)28-31(23)18(5)19-8-22(25)24-27-16(3)12-30(24)13-19/h6-9,12-15,18,26H,10-11H2,1-5H3/t14-,15-,18?/m0/s1. The lowest BCUT2D eigenvalue weighted by Gasteiger charge is -2.37. The van der Waals surface area contributed by atoms with Gasteiger partial charge in [0, 0.05) is 48.6 Å². The van der Waals surface area contributed by atoms with Gasteiger partial charge in [0.05, 0.1) is 22.9 Å². The highest BCUT2D eigenvalue weighted by Gasteiger charge is 2.23. The summed E-state index contributed by atoms with van der Waals surface area (Å²) in [5.74, 6) is -0.310. The second-order valence-electron chi connectivity index (χ2n) is 9.02. The molecule has 162 valence electrons. The molecule has 1 saturated heterocycles. The molecule has 0 radical (unpaired) electrons. The number of benzene rings is 1. The molecule has 3 aromatic heterocycles. The third-order valence-corrected chi connectivity index (χ3v) is 6.29. The third kappa shape index (κ3) is 3.47. The van der Waals surface area contributed by atoms with Gasteiger partial charge in [0.1, 0.15) is 0 Å². The van der Waals surface area contributed by atoms with Gasteiger partial charge in [-0.25, -0.2) is 9.37 Å². The maximum Gasteiger partial charge on any atom is 0.173 e. The molecule has 0 aliphatic carbocycles. The molecule has 4 aromatic rings. The molecule has 5 rings (SSSR count). The van der Waals surface area contributed by atoms with Crippen LogP contribution in [0, 0.1) is 19.7 Å². The van der Waals surface area contributed by atoms with Crippen LogP contribution in [0.1, 0.15) is 43.8 Å². The summed E-state index contributed by atoms with van der Waals surface area (Å²) in [4.78, 5) is 6.70. The second kappa shape index (κ2) is 7.34. The van der Waals surface area contributed by atoms with E-state index < -0.39 is 0 Å². The molecule has 0 amide bonds. The van der Waals surface area contributed by atoms with Crippen LogP contribution in [0.25, 0.3) is 16.6 Å². The minimum Gasteiger partial charge on any atom is -0.368 e. The van der Waals surface area contributed by atoms with Gasteiger partial charge in [-0.15, -0.1) is 0 Å². The van der Waals surface area contributed by atoms with Gasteiger partial charge in [-0.2, -0.15) is 5.10 Å². The van der Waals surface area contributed by atoms with Crippen LogP contribution < -0.4 is 10.2 Å². The Labute approximate surface area is 181 Å². The Balaban J connectivity index is 1.53. The first-order valence-corrected chi connectivity index (χ1v) is 10.9. The first kappa shape index (κ1) is 20.0. The number of fused-ring (bicyclic) bond motifs is 2. The fourth-order valence-electron chi connectivity index (χ4n) is 4.88. The van der Waals surface area contributed by atoms with E-state index in [1.807, 2.05) is 30.9 Å². The molecule has 1 aliphatic heterocycles. The summed E-state index contributed by atoms with van der Waals surface area (Å²) in [7, 11) is 0. The van der Waals surface area contributed by atoms with Gasteiger partial charge in [0.15, 0.2) is 11.5 Å². The molecular weight excluding hydrogens is 391 g/mol. The van der Waals surface area contributed by atoms with Gasteiger partial charge < -0.3 is 14.6 Å². The molecule has 7 heteroatoms. The monoisotopic (exact) mass is 420 g/mol. The van der Waals surface area contributed by atoms with Crippen molar-refractivity contribution in [1.82, 2.24) is 24.5 Å². The van der Waals surface area contributed by atoms with Crippen molar-refractivity contribution in [2.24, 2.45) is 0 Å². The molecule has 1 fully saturated rings. The van der Waals surface area contributed by atoms with Crippen molar-refractivity contribution in [1.29, 1.82) is 0 Å². The number of rotatable bonds is 3. The van der Waals surface area contributed by atoms with E-state index in [1.54, 1.807) is 10.5 Å². The lowest BCUT2D eigenvalue weighted by molar-refractivity contribution is 0.407. The van der Waals surface area contributed by atoms with E-state index in [-0.39, 0.29) is 11.9 Å². The molecule has 0 spiro atoms. The lowest BCUT2D eigenvalue weighted by atomic mass is 10.1. The van der Waals surface area contributed by atoms with Crippen molar-refractivity contribution < 1.29 is 4.39 Å². The van der Waals surface area contributed by atoms with Crippen LogP contribution in [0.5, 0.6) is 0 Å². The number of hydrogen-bond donors (Lipinski definition) is 1. The Morgan fingerprint density at radius 1 is 1.10 bits per heavy atom. The van der Waals surface area contributed by atoms with Gasteiger partial charge in [0.2, 0.25) is 0 Å². The Bertz CT molecular complexity index is 1260. The number of aromatic nitrogens is 4. The Hall–Kier alpha value is -2.93. The normalized spacial score (nSPS) is 20.6. The molecule has 1 aliphatic rings. The number of hydrogen-bond acceptors (Lipinski definition) is 4. The van der Waals surface area contributed by atoms with Crippen LogP contribution in [0.3, 0.4) is 0 Å². The molecule has 4 heterocycles. The lowest BCUT2D eigenvalue weighted by Crippen LogP contribution is -2.54. The first-order valence-electron chi connectivity index (χ1n) is 10.9. The Kier molecular flexibility index (Phi) is 4.73. The van der Waals surface area contributed by atoms with E-state index in [9.17, 15) is 4.39 Å². The van der Waals surface area contributed by atoms with Gasteiger partial charge in [-0.05, 0) is 64.4 Å². The fraction of sp³-hybridized carbons (Fsp3) is 0.417. The zero-order chi connectivity index (χ0) is 21.9. The zero-order valence-electron chi connectivity index (χ0n) is 18.7. The highest BCUT2D eigenvalue weighted by Crippen LogP contribution is 2.30. The molecule has 0 saturated carbocycles. The van der Waals surface area contributed by atoms with Crippen molar-refractivity contribution in [3.8, 4) is 0 Å². The van der Waals surface area contributed by atoms with Crippen LogP contribution in [0.2, 0.25) is 0 Å².